The highest BCUT2D eigenvalue weighted by Crippen LogP contribution is 2.40. The van der Waals surface area contributed by atoms with Crippen molar-refractivity contribution in [1.82, 2.24) is 15.2 Å². The predicted molar refractivity (Wildman–Crippen MR) is 97.8 cm³/mol. The van der Waals surface area contributed by atoms with Crippen LogP contribution in [0.4, 0.5) is 0 Å². The van der Waals surface area contributed by atoms with Gasteiger partial charge in [-0.25, -0.2) is 0 Å². The molecule has 3 atom stereocenters. The molecule has 2 aromatic rings. The first kappa shape index (κ1) is 15.5. The highest BCUT2D eigenvalue weighted by atomic mass is 16.2. The lowest BCUT2D eigenvalue weighted by Gasteiger charge is -2.39. The second kappa shape index (κ2) is 5.78. The molecule has 0 unspecified atom stereocenters. The summed E-state index contributed by atoms with van der Waals surface area (Å²) in [6, 6.07) is 7.02. The minimum absolute atomic E-state index is 0.0778. The molecule has 1 aliphatic heterocycles. The lowest BCUT2D eigenvalue weighted by molar-refractivity contribution is -0.124. The van der Waals surface area contributed by atoms with Crippen molar-refractivity contribution in [2.45, 2.75) is 38.8 Å². The monoisotopic (exact) mass is 323 g/mol. The van der Waals surface area contributed by atoms with E-state index in [-0.39, 0.29) is 17.9 Å². The van der Waals surface area contributed by atoms with Crippen molar-refractivity contribution in [2.75, 3.05) is 13.6 Å². The second-order valence-corrected chi connectivity index (χ2v) is 7.25. The van der Waals surface area contributed by atoms with Crippen LogP contribution in [-0.2, 0) is 11.2 Å². The van der Waals surface area contributed by atoms with E-state index in [1.54, 1.807) is 0 Å². The fourth-order valence-corrected chi connectivity index (χ4v) is 4.07. The maximum absolute atomic E-state index is 12.6. The van der Waals surface area contributed by atoms with Crippen LogP contribution in [0.1, 0.15) is 31.4 Å². The first-order valence-electron chi connectivity index (χ1n) is 8.90. The zero-order valence-electron chi connectivity index (χ0n) is 14.6. The number of aromatic amines is 1. The Labute approximate surface area is 142 Å². The molecule has 0 radical (unpaired) electrons. The fourth-order valence-electron chi connectivity index (χ4n) is 4.07. The Morgan fingerprint density at radius 3 is 3.08 bits per heavy atom. The summed E-state index contributed by atoms with van der Waals surface area (Å²) < 4.78 is 0. The van der Waals surface area contributed by atoms with Crippen molar-refractivity contribution in [3.63, 3.8) is 0 Å². The number of nitrogens with zero attached hydrogens (tertiary/aromatic N) is 1. The van der Waals surface area contributed by atoms with Crippen LogP contribution in [0.5, 0.6) is 0 Å². The van der Waals surface area contributed by atoms with E-state index in [1.807, 2.05) is 0 Å². The van der Waals surface area contributed by atoms with Gasteiger partial charge < -0.3 is 10.3 Å². The molecule has 24 heavy (non-hydrogen) atoms. The van der Waals surface area contributed by atoms with Gasteiger partial charge in [-0.1, -0.05) is 25.1 Å². The lowest BCUT2D eigenvalue weighted by atomic mass is 9.80. The lowest BCUT2D eigenvalue weighted by Crippen LogP contribution is -2.47. The molecular weight excluding hydrogens is 298 g/mol. The average Bonchev–Trinajstić information content (AvgIpc) is 3.00. The highest BCUT2D eigenvalue weighted by molar-refractivity contribution is 5.99. The summed E-state index contributed by atoms with van der Waals surface area (Å²) in [6.07, 6.45) is 6.33. The molecule has 0 spiro atoms. The van der Waals surface area contributed by atoms with Crippen LogP contribution in [0, 0.1) is 5.92 Å². The Morgan fingerprint density at radius 2 is 2.29 bits per heavy atom. The maximum Gasteiger partial charge on any atom is 0.228 e. The fraction of sp³-hybridized carbons (Fsp3) is 0.450. The van der Waals surface area contributed by atoms with Crippen LogP contribution < -0.4 is 5.32 Å². The molecule has 1 amide bonds. The number of hydrogen-bond acceptors (Lipinski definition) is 2. The van der Waals surface area contributed by atoms with Gasteiger partial charge in [0.05, 0.1) is 5.92 Å². The van der Waals surface area contributed by atoms with E-state index in [1.165, 1.54) is 27.6 Å². The van der Waals surface area contributed by atoms with E-state index in [4.69, 9.17) is 0 Å². The minimum atomic E-state index is -0.0778. The molecule has 4 rings (SSSR count). The number of likely N-dealkylation sites (N-methyl/N-ethyl adjacent to an activating group) is 1. The Morgan fingerprint density at radius 1 is 1.46 bits per heavy atom. The van der Waals surface area contributed by atoms with Gasteiger partial charge in [0.15, 0.2) is 0 Å². The van der Waals surface area contributed by atoms with Gasteiger partial charge in [-0.15, -0.1) is 0 Å². The molecule has 1 aromatic heterocycles. The Kier molecular flexibility index (Phi) is 3.72. The molecule has 0 saturated heterocycles. The van der Waals surface area contributed by atoms with Crippen molar-refractivity contribution in [3.8, 4) is 0 Å². The van der Waals surface area contributed by atoms with Crippen molar-refractivity contribution >= 4 is 22.4 Å². The Bertz CT molecular complexity index is 819. The predicted octanol–water partition coefficient (Wildman–Crippen LogP) is 2.95. The zero-order chi connectivity index (χ0) is 16.8. The first-order valence-corrected chi connectivity index (χ1v) is 8.90. The van der Waals surface area contributed by atoms with E-state index in [0.29, 0.717) is 6.04 Å². The Hall–Kier alpha value is -2.07. The molecule has 4 nitrogen and oxygen atoms in total. The molecule has 0 bridgehead atoms. The van der Waals surface area contributed by atoms with E-state index in [2.05, 4.69) is 66.6 Å². The molecule has 4 heteroatoms. The van der Waals surface area contributed by atoms with Crippen LogP contribution in [-0.4, -0.2) is 41.5 Å². The largest absolute Gasteiger partial charge is 0.361 e. The number of amides is 1. The molecule has 126 valence electrons. The summed E-state index contributed by atoms with van der Waals surface area (Å²) in [5, 5.41) is 4.47. The maximum atomic E-state index is 12.6. The quantitative estimate of drug-likeness (QED) is 0.912. The number of fused-ring (bicyclic) bond motifs is 2. The summed E-state index contributed by atoms with van der Waals surface area (Å²) >= 11 is 0. The summed E-state index contributed by atoms with van der Waals surface area (Å²) in [5.74, 6) is 0.0696. The molecule has 0 fully saturated rings. The molecule has 1 aromatic carbocycles. The standard InChI is InChI=1S/C20H25N3O/c1-4-12(2)22-20(24)14-8-16-15-6-5-7-17-19(15)13(10-21-17)9-18(16)23(3)11-14/h5-8,10,12,14,18,21H,4,9,11H2,1-3H3,(H,22,24)/t12-,14+,18-/m1/s1. The van der Waals surface area contributed by atoms with Crippen LogP contribution in [0.25, 0.3) is 16.5 Å². The number of carbonyl (C=O) groups is 1. The van der Waals surface area contributed by atoms with Crippen molar-refractivity contribution in [2.24, 2.45) is 5.92 Å². The number of nitrogens with one attached hydrogen (secondary N) is 2. The highest BCUT2D eigenvalue weighted by Gasteiger charge is 2.35. The summed E-state index contributed by atoms with van der Waals surface area (Å²) in [7, 11) is 2.14. The van der Waals surface area contributed by atoms with Gasteiger partial charge >= 0.3 is 0 Å². The molecule has 2 aliphatic rings. The van der Waals surface area contributed by atoms with E-state index in [9.17, 15) is 4.79 Å². The number of hydrogen-bond donors (Lipinski definition) is 2. The number of carbonyl (C=O) groups excluding carboxylic acids is 1. The molecule has 0 saturated carbocycles. The third kappa shape index (κ3) is 2.37. The second-order valence-electron chi connectivity index (χ2n) is 7.25. The Balaban J connectivity index is 1.75. The normalized spacial score (nSPS) is 24.4. The first-order chi connectivity index (χ1) is 11.6. The van der Waals surface area contributed by atoms with Crippen molar-refractivity contribution in [3.05, 3.63) is 41.6 Å². The van der Waals surface area contributed by atoms with Gasteiger partial charge in [0.2, 0.25) is 5.91 Å². The van der Waals surface area contributed by atoms with Crippen LogP contribution in [0.2, 0.25) is 0 Å². The third-order valence-corrected chi connectivity index (χ3v) is 5.61. The van der Waals surface area contributed by atoms with Crippen LogP contribution in [0.3, 0.4) is 0 Å². The van der Waals surface area contributed by atoms with E-state index in [0.717, 1.165) is 19.4 Å². The van der Waals surface area contributed by atoms with Crippen molar-refractivity contribution in [1.29, 1.82) is 0 Å². The van der Waals surface area contributed by atoms with Crippen molar-refractivity contribution < 1.29 is 4.79 Å². The van der Waals surface area contributed by atoms with Gasteiger partial charge in [0, 0.05) is 35.7 Å². The molecule has 2 N–H and O–H groups in total. The SMILES string of the molecule is CC[C@@H](C)NC(=O)[C@H]1C=C2c3cccc4[nH]cc(c34)C[C@H]2N(C)C1. The van der Waals surface area contributed by atoms with Gasteiger partial charge in [0.1, 0.15) is 0 Å². The van der Waals surface area contributed by atoms with Gasteiger partial charge in [-0.2, -0.15) is 0 Å². The topological polar surface area (TPSA) is 48.1 Å². The average molecular weight is 323 g/mol. The van der Waals surface area contributed by atoms with Gasteiger partial charge in [0.25, 0.3) is 0 Å². The summed E-state index contributed by atoms with van der Waals surface area (Å²) in [5.41, 5.74) is 5.17. The number of rotatable bonds is 3. The number of aromatic nitrogens is 1. The van der Waals surface area contributed by atoms with Gasteiger partial charge in [-0.05, 0) is 49.6 Å². The van der Waals surface area contributed by atoms with Gasteiger partial charge in [-0.3, -0.25) is 9.69 Å². The summed E-state index contributed by atoms with van der Waals surface area (Å²) in [4.78, 5) is 18.4. The smallest absolute Gasteiger partial charge is 0.228 e. The number of H-pyrrole nitrogens is 1. The third-order valence-electron chi connectivity index (χ3n) is 5.61. The molecular formula is C20H25N3O. The van der Waals surface area contributed by atoms with E-state index < -0.39 is 0 Å². The zero-order valence-corrected chi connectivity index (χ0v) is 14.6. The minimum Gasteiger partial charge on any atom is -0.361 e. The summed E-state index contributed by atoms with van der Waals surface area (Å²) in [6.45, 7) is 4.95. The van der Waals surface area contributed by atoms with Crippen LogP contribution in [0.15, 0.2) is 30.5 Å². The molecule has 1 aliphatic carbocycles. The molecule has 2 heterocycles. The van der Waals surface area contributed by atoms with Crippen LogP contribution >= 0.6 is 0 Å². The number of benzene rings is 1. The van der Waals surface area contributed by atoms with E-state index >= 15 is 0 Å².